The second-order valence-electron chi connectivity index (χ2n) is 4.82. The second kappa shape index (κ2) is 5.90. The lowest BCUT2D eigenvalue weighted by Crippen LogP contribution is -2.39. The van der Waals surface area contributed by atoms with E-state index in [9.17, 15) is 0 Å². The van der Waals surface area contributed by atoms with E-state index in [1.54, 1.807) is 0 Å². The van der Waals surface area contributed by atoms with Crippen LogP contribution in [0.15, 0.2) is 16.0 Å². The molecule has 3 rings (SSSR count). The quantitative estimate of drug-likeness (QED) is 0.931. The number of morpholine rings is 1. The van der Waals surface area contributed by atoms with Crippen LogP contribution < -0.4 is 5.73 Å². The number of rotatable bonds is 4. The summed E-state index contributed by atoms with van der Waals surface area (Å²) >= 11 is 1.50. The molecular weight excluding hydrogens is 276 g/mol. The summed E-state index contributed by atoms with van der Waals surface area (Å²) in [5.41, 5.74) is 6.53. The Balaban J connectivity index is 1.75. The molecule has 0 aromatic carbocycles. The third-order valence-corrected chi connectivity index (χ3v) is 4.23. The van der Waals surface area contributed by atoms with E-state index in [4.69, 9.17) is 15.0 Å². The van der Waals surface area contributed by atoms with Gasteiger partial charge in [-0.3, -0.25) is 4.90 Å². The first-order valence-corrected chi connectivity index (χ1v) is 7.66. The number of anilines is 1. The van der Waals surface area contributed by atoms with Gasteiger partial charge in [0.05, 0.1) is 12.3 Å². The fourth-order valence-corrected chi connectivity index (χ4v) is 3.07. The molecule has 0 spiro atoms. The van der Waals surface area contributed by atoms with Crippen molar-refractivity contribution >= 4 is 17.0 Å². The van der Waals surface area contributed by atoms with Crippen molar-refractivity contribution in [1.29, 1.82) is 0 Å². The molecule has 2 aromatic heterocycles. The molecule has 0 aliphatic carbocycles. The molecule has 2 N–H and O–H groups in total. The number of thiophene rings is 1. The Labute approximate surface area is 121 Å². The van der Waals surface area contributed by atoms with E-state index in [-0.39, 0.29) is 6.10 Å². The molecule has 1 fully saturated rings. The lowest BCUT2D eigenvalue weighted by Gasteiger charge is -2.30. The third-order valence-electron chi connectivity index (χ3n) is 3.31. The first-order chi connectivity index (χ1) is 9.78. The highest BCUT2D eigenvalue weighted by molar-refractivity contribution is 7.14. The Morgan fingerprint density at radius 2 is 2.45 bits per heavy atom. The Morgan fingerprint density at radius 3 is 3.20 bits per heavy atom. The van der Waals surface area contributed by atoms with Crippen LogP contribution in [-0.4, -0.2) is 41.3 Å². The summed E-state index contributed by atoms with van der Waals surface area (Å²) in [6.07, 6.45) is 1.02. The molecular formula is C13H18N4O2S. The molecule has 0 saturated carbocycles. The third kappa shape index (κ3) is 2.70. The maximum atomic E-state index is 5.87. The SMILES string of the molecule is CCCN1CCOC(c2noc(-c3sccc3N)n2)C1. The molecule has 7 heteroatoms. The number of aromatic nitrogens is 2. The summed E-state index contributed by atoms with van der Waals surface area (Å²) in [7, 11) is 0. The van der Waals surface area contributed by atoms with Gasteiger partial charge >= 0.3 is 0 Å². The Morgan fingerprint density at radius 1 is 1.55 bits per heavy atom. The van der Waals surface area contributed by atoms with Gasteiger partial charge in [-0.1, -0.05) is 12.1 Å². The molecule has 1 aliphatic rings. The van der Waals surface area contributed by atoms with Gasteiger partial charge in [0.2, 0.25) is 5.82 Å². The van der Waals surface area contributed by atoms with Crippen LogP contribution in [0.2, 0.25) is 0 Å². The van der Waals surface area contributed by atoms with E-state index >= 15 is 0 Å². The molecule has 0 radical (unpaired) electrons. The van der Waals surface area contributed by atoms with Gasteiger partial charge in [0.15, 0.2) is 0 Å². The Kier molecular flexibility index (Phi) is 4.00. The molecule has 0 bridgehead atoms. The predicted molar refractivity (Wildman–Crippen MR) is 77.4 cm³/mol. The zero-order valence-corrected chi connectivity index (χ0v) is 12.2. The highest BCUT2D eigenvalue weighted by atomic mass is 32.1. The molecule has 1 aliphatic heterocycles. The summed E-state index contributed by atoms with van der Waals surface area (Å²) in [4.78, 5) is 7.62. The lowest BCUT2D eigenvalue weighted by molar-refractivity contribution is -0.0350. The fourth-order valence-electron chi connectivity index (χ4n) is 2.33. The number of nitrogen functional groups attached to an aromatic ring is 1. The molecule has 0 amide bonds. The van der Waals surface area contributed by atoms with Crippen molar-refractivity contribution in [2.75, 3.05) is 32.0 Å². The molecule has 2 aromatic rings. The van der Waals surface area contributed by atoms with Crippen LogP contribution in [0.3, 0.4) is 0 Å². The summed E-state index contributed by atoms with van der Waals surface area (Å²) in [5.74, 6) is 1.08. The van der Waals surface area contributed by atoms with E-state index in [2.05, 4.69) is 22.0 Å². The van der Waals surface area contributed by atoms with E-state index in [1.807, 2.05) is 11.4 Å². The van der Waals surface area contributed by atoms with E-state index in [0.29, 0.717) is 24.0 Å². The normalized spacial score (nSPS) is 20.4. The smallest absolute Gasteiger partial charge is 0.270 e. The summed E-state index contributed by atoms with van der Waals surface area (Å²) < 4.78 is 11.1. The van der Waals surface area contributed by atoms with Crippen LogP contribution in [0.4, 0.5) is 5.69 Å². The maximum Gasteiger partial charge on any atom is 0.270 e. The fraction of sp³-hybridized carbons (Fsp3) is 0.538. The van der Waals surface area contributed by atoms with Crippen molar-refractivity contribution < 1.29 is 9.26 Å². The van der Waals surface area contributed by atoms with E-state index in [0.717, 1.165) is 30.9 Å². The van der Waals surface area contributed by atoms with Gasteiger partial charge in [-0.25, -0.2) is 0 Å². The zero-order chi connectivity index (χ0) is 13.9. The van der Waals surface area contributed by atoms with Crippen molar-refractivity contribution in [3.63, 3.8) is 0 Å². The monoisotopic (exact) mass is 294 g/mol. The highest BCUT2D eigenvalue weighted by Crippen LogP contribution is 2.31. The van der Waals surface area contributed by atoms with Gasteiger partial charge in [0.1, 0.15) is 11.0 Å². The minimum atomic E-state index is -0.117. The minimum absolute atomic E-state index is 0.117. The number of nitrogens with two attached hydrogens (primary N) is 1. The molecule has 1 saturated heterocycles. The minimum Gasteiger partial charge on any atom is -0.397 e. The maximum absolute atomic E-state index is 5.87. The van der Waals surface area contributed by atoms with Gasteiger partial charge in [0, 0.05) is 13.1 Å². The summed E-state index contributed by atoms with van der Waals surface area (Å²) in [5, 5.41) is 5.96. The Bertz CT molecular complexity index is 566. The van der Waals surface area contributed by atoms with Gasteiger partial charge in [-0.2, -0.15) is 4.98 Å². The van der Waals surface area contributed by atoms with Crippen LogP contribution in [0, 0.1) is 0 Å². The lowest BCUT2D eigenvalue weighted by atomic mass is 10.2. The number of nitrogens with zero attached hydrogens (tertiary/aromatic N) is 3. The summed E-state index contributed by atoms with van der Waals surface area (Å²) in [6, 6.07) is 1.84. The number of ether oxygens (including phenoxy) is 1. The molecule has 108 valence electrons. The van der Waals surface area contributed by atoms with Crippen molar-refractivity contribution in [1.82, 2.24) is 15.0 Å². The number of hydrogen-bond acceptors (Lipinski definition) is 7. The van der Waals surface area contributed by atoms with Crippen molar-refractivity contribution in [2.45, 2.75) is 19.4 Å². The molecule has 3 heterocycles. The van der Waals surface area contributed by atoms with Crippen LogP contribution in [0.5, 0.6) is 0 Å². The van der Waals surface area contributed by atoms with Crippen LogP contribution in [0.1, 0.15) is 25.3 Å². The van der Waals surface area contributed by atoms with Gasteiger partial charge in [0.25, 0.3) is 5.89 Å². The Hall–Kier alpha value is -1.44. The van der Waals surface area contributed by atoms with Gasteiger partial charge < -0.3 is 15.0 Å². The molecule has 20 heavy (non-hydrogen) atoms. The van der Waals surface area contributed by atoms with E-state index in [1.165, 1.54) is 11.3 Å². The topological polar surface area (TPSA) is 77.4 Å². The largest absolute Gasteiger partial charge is 0.397 e. The van der Waals surface area contributed by atoms with Gasteiger partial charge in [-0.15, -0.1) is 11.3 Å². The van der Waals surface area contributed by atoms with Crippen LogP contribution >= 0.6 is 11.3 Å². The zero-order valence-electron chi connectivity index (χ0n) is 11.4. The second-order valence-corrected chi connectivity index (χ2v) is 5.74. The predicted octanol–water partition coefficient (Wildman–Crippen LogP) is 2.16. The number of hydrogen-bond donors (Lipinski definition) is 1. The van der Waals surface area contributed by atoms with Crippen molar-refractivity contribution in [3.05, 3.63) is 17.3 Å². The summed E-state index contributed by atoms with van der Waals surface area (Å²) in [6.45, 7) is 5.73. The molecule has 6 nitrogen and oxygen atoms in total. The highest BCUT2D eigenvalue weighted by Gasteiger charge is 2.26. The average molecular weight is 294 g/mol. The molecule has 1 atom stereocenters. The first kappa shape index (κ1) is 13.5. The van der Waals surface area contributed by atoms with Crippen LogP contribution in [0.25, 0.3) is 10.8 Å². The van der Waals surface area contributed by atoms with Crippen molar-refractivity contribution in [3.8, 4) is 10.8 Å². The van der Waals surface area contributed by atoms with Crippen molar-refractivity contribution in [2.24, 2.45) is 0 Å². The van der Waals surface area contributed by atoms with Gasteiger partial charge in [-0.05, 0) is 24.4 Å². The van der Waals surface area contributed by atoms with Crippen LogP contribution in [-0.2, 0) is 4.74 Å². The van der Waals surface area contributed by atoms with E-state index < -0.39 is 0 Å². The standard InChI is InChI=1S/C13H18N4O2S/c1-2-4-17-5-6-18-10(8-17)12-15-13(19-16-12)11-9(14)3-7-20-11/h3,7,10H,2,4-6,8,14H2,1H3. The molecule has 1 unspecified atom stereocenters. The average Bonchev–Trinajstić information content (AvgIpc) is 3.08. The first-order valence-electron chi connectivity index (χ1n) is 6.79.